The van der Waals surface area contributed by atoms with Crippen molar-refractivity contribution in [1.29, 1.82) is 0 Å². The van der Waals surface area contributed by atoms with Crippen molar-refractivity contribution < 1.29 is 9.13 Å². The number of hydrogen-bond acceptors (Lipinski definition) is 2. The van der Waals surface area contributed by atoms with E-state index < -0.39 is 0 Å². The van der Waals surface area contributed by atoms with Gasteiger partial charge < -0.3 is 10.1 Å². The van der Waals surface area contributed by atoms with Crippen LogP contribution in [0, 0.1) is 5.82 Å². The van der Waals surface area contributed by atoms with Gasteiger partial charge in [-0.05, 0) is 24.6 Å². The summed E-state index contributed by atoms with van der Waals surface area (Å²) < 4.78 is 18.1. The number of ether oxygens (including phenoxy) is 1. The zero-order valence-corrected chi connectivity index (χ0v) is 9.09. The Bertz CT molecular complexity index is 338. The van der Waals surface area contributed by atoms with Crippen LogP contribution in [-0.2, 0) is 6.54 Å². The van der Waals surface area contributed by atoms with Gasteiger partial charge in [0.05, 0.1) is 7.11 Å². The van der Waals surface area contributed by atoms with Gasteiger partial charge >= 0.3 is 0 Å². The summed E-state index contributed by atoms with van der Waals surface area (Å²) in [5, 5.41) is 3.19. The smallest absolute Gasteiger partial charge is 0.165 e. The van der Waals surface area contributed by atoms with Gasteiger partial charge in [0.25, 0.3) is 0 Å². The third kappa shape index (κ3) is 3.36. The van der Waals surface area contributed by atoms with E-state index in [4.69, 9.17) is 4.74 Å². The minimum absolute atomic E-state index is 0.218. The van der Waals surface area contributed by atoms with Gasteiger partial charge in [-0.2, -0.15) is 0 Å². The van der Waals surface area contributed by atoms with Crippen LogP contribution in [-0.4, -0.2) is 13.2 Å². The SMILES string of the molecule is C=CC(C)NCc1ccc(OC)c(F)c1. The highest BCUT2D eigenvalue weighted by molar-refractivity contribution is 5.29. The first-order valence-electron chi connectivity index (χ1n) is 4.85. The Kier molecular flexibility index (Phi) is 4.31. The summed E-state index contributed by atoms with van der Waals surface area (Å²) >= 11 is 0. The van der Waals surface area contributed by atoms with Crippen molar-refractivity contribution in [2.75, 3.05) is 7.11 Å². The summed E-state index contributed by atoms with van der Waals surface area (Å²) in [4.78, 5) is 0. The number of nitrogens with one attached hydrogen (secondary N) is 1. The lowest BCUT2D eigenvalue weighted by Gasteiger charge is -2.09. The van der Waals surface area contributed by atoms with E-state index in [9.17, 15) is 4.39 Å². The van der Waals surface area contributed by atoms with E-state index in [1.54, 1.807) is 12.1 Å². The van der Waals surface area contributed by atoms with Crippen LogP contribution in [0.4, 0.5) is 4.39 Å². The standard InChI is InChI=1S/C12H16FNO/c1-4-9(2)14-8-10-5-6-12(15-3)11(13)7-10/h4-7,9,14H,1,8H2,2-3H3. The van der Waals surface area contributed by atoms with Crippen molar-refractivity contribution in [3.05, 3.63) is 42.2 Å². The predicted molar refractivity (Wildman–Crippen MR) is 59.5 cm³/mol. The number of halogens is 1. The largest absolute Gasteiger partial charge is 0.494 e. The minimum atomic E-state index is -0.331. The monoisotopic (exact) mass is 209 g/mol. The number of methoxy groups -OCH3 is 1. The van der Waals surface area contributed by atoms with E-state index in [0.717, 1.165) is 5.56 Å². The molecule has 15 heavy (non-hydrogen) atoms. The summed E-state index contributed by atoms with van der Waals surface area (Å²) in [5.41, 5.74) is 0.891. The zero-order chi connectivity index (χ0) is 11.3. The molecule has 2 nitrogen and oxygen atoms in total. The molecule has 3 heteroatoms. The van der Waals surface area contributed by atoms with Crippen molar-refractivity contribution >= 4 is 0 Å². The van der Waals surface area contributed by atoms with Crippen LogP contribution in [0.2, 0.25) is 0 Å². The minimum Gasteiger partial charge on any atom is -0.494 e. The molecule has 0 bridgehead atoms. The van der Waals surface area contributed by atoms with Gasteiger partial charge in [-0.1, -0.05) is 12.1 Å². The van der Waals surface area contributed by atoms with E-state index in [-0.39, 0.29) is 17.6 Å². The van der Waals surface area contributed by atoms with Crippen LogP contribution in [0.15, 0.2) is 30.9 Å². The molecule has 0 aromatic heterocycles. The van der Waals surface area contributed by atoms with E-state index in [1.165, 1.54) is 13.2 Å². The van der Waals surface area contributed by atoms with Crippen molar-refractivity contribution in [3.63, 3.8) is 0 Å². The maximum absolute atomic E-state index is 13.3. The Balaban J connectivity index is 2.63. The number of hydrogen-bond donors (Lipinski definition) is 1. The first-order chi connectivity index (χ1) is 7.17. The maximum Gasteiger partial charge on any atom is 0.165 e. The molecule has 1 unspecified atom stereocenters. The molecular weight excluding hydrogens is 193 g/mol. The van der Waals surface area contributed by atoms with Crippen molar-refractivity contribution in [2.24, 2.45) is 0 Å². The summed E-state index contributed by atoms with van der Waals surface area (Å²) in [6.07, 6.45) is 1.81. The number of rotatable bonds is 5. The summed E-state index contributed by atoms with van der Waals surface area (Å²) in [5.74, 6) is -0.0569. The highest BCUT2D eigenvalue weighted by atomic mass is 19.1. The van der Waals surface area contributed by atoms with Gasteiger partial charge in [0.2, 0.25) is 0 Å². The average molecular weight is 209 g/mol. The number of benzene rings is 1. The molecule has 0 radical (unpaired) electrons. The van der Waals surface area contributed by atoms with Crippen LogP contribution >= 0.6 is 0 Å². The van der Waals surface area contributed by atoms with Gasteiger partial charge in [-0.25, -0.2) is 4.39 Å². The molecule has 0 saturated heterocycles. The highest BCUT2D eigenvalue weighted by Crippen LogP contribution is 2.17. The second-order valence-electron chi connectivity index (χ2n) is 3.37. The Morgan fingerprint density at radius 1 is 1.60 bits per heavy atom. The molecule has 0 aliphatic rings. The van der Waals surface area contributed by atoms with Gasteiger partial charge in [0, 0.05) is 12.6 Å². The molecule has 0 heterocycles. The van der Waals surface area contributed by atoms with Crippen LogP contribution in [0.25, 0.3) is 0 Å². The maximum atomic E-state index is 13.3. The Labute approximate surface area is 89.8 Å². The van der Waals surface area contributed by atoms with Gasteiger partial charge in [-0.3, -0.25) is 0 Å². The van der Waals surface area contributed by atoms with Crippen molar-refractivity contribution in [2.45, 2.75) is 19.5 Å². The second-order valence-corrected chi connectivity index (χ2v) is 3.37. The molecule has 1 aromatic rings. The van der Waals surface area contributed by atoms with E-state index in [1.807, 2.05) is 13.0 Å². The molecule has 0 saturated carbocycles. The molecule has 0 amide bonds. The molecule has 1 aromatic carbocycles. The third-order valence-electron chi connectivity index (χ3n) is 2.20. The Hall–Kier alpha value is -1.35. The summed E-state index contributed by atoms with van der Waals surface area (Å²) in [6.45, 7) is 6.27. The van der Waals surface area contributed by atoms with Gasteiger partial charge in [0.1, 0.15) is 0 Å². The first kappa shape index (κ1) is 11.7. The zero-order valence-electron chi connectivity index (χ0n) is 9.09. The summed E-state index contributed by atoms with van der Waals surface area (Å²) in [7, 11) is 1.45. The fraction of sp³-hybridized carbons (Fsp3) is 0.333. The molecule has 0 aliphatic carbocycles. The Morgan fingerprint density at radius 2 is 2.33 bits per heavy atom. The molecule has 0 spiro atoms. The predicted octanol–water partition coefficient (Wildman–Crippen LogP) is 2.50. The molecule has 0 fully saturated rings. The highest BCUT2D eigenvalue weighted by Gasteiger charge is 2.03. The van der Waals surface area contributed by atoms with E-state index >= 15 is 0 Å². The molecule has 1 rings (SSSR count). The van der Waals surface area contributed by atoms with Gasteiger partial charge in [0.15, 0.2) is 11.6 Å². The third-order valence-corrected chi connectivity index (χ3v) is 2.20. The topological polar surface area (TPSA) is 21.3 Å². The molecule has 0 aliphatic heterocycles. The van der Waals surface area contributed by atoms with Crippen LogP contribution in [0.5, 0.6) is 5.75 Å². The lowest BCUT2D eigenvalue weighted by atomic mass is 10.2. The molecule has 82 valence electrons. The van der Waals surface area contributed by atoms with Crippen molar-refractivity contribution in [3.8, 4) is 5.75 Å². The summed E-state index contributed by atoms with van der Waals surface area (Å²) in [6, 6.07) is 5.16. The van der Waals surface area contributed by atoms with Crippen LogP contribution in [0.3, 0.4) is 0 Å². The quantitative estimate of drug-likeness (QED) is 0.752. The van der Waals surface area contributed by atoms with E-state index in [2.05, 4.69) is 11.9 Å². The van der Waals surface area contributed by atoms with Crippen LogP contribution in [0.1, 0.15) is 12.5 Å². The lowest BCUT2D eigenvalue weighted by molar-refractivity contribution is 0.386. The first-order valence-corrected chi connectivity index (χ1v) is 4.85. The van der Waals surface area contributed by atoms with Crippen molar-refractivity contribution in [1.82, 2.24) is 5.32 Å². The second kappa shape index (κ2) is 5.51. The van der Waals surface area contributed by atoms with Gasteiger partial charge in [-0.15, -0.1) is 6.58 Å². The molecular formula is C12H16FNO. The van der Waals surface area contributed by atoms with E-state index in [0.29, 0.717) is 6.54 Å². The average Bonchev–Trinajstić information content (AvgIpc) is 2.26. The normalized spacial score (nSPS) is 12.2. The fourth-order valence-electron chi connectivity index (χ4n) is 1.18. The van der Waals surface area contributed by atoms with Crippen LogP contribution < -0.4 is 10.1 Å². The fourth-order valence-corrected chi connectivity index (χ4v) is 1.18. The Morgan fingerprint density at radius 3 is 2.87 bits per heavy atom. The molecule has 1 atom stereocenters. The molecule has 1 N–H and O–H groups in total. The lowest BCUT2D eigenvalue weighted by Crippen LogP contribution is -2.22.